The predicted octanol–water partition coefficient (Wildman–Crippen LogP) is 2.80. The topological polar surface area (TPSA) is 15.3 Å². The van der Waals surface area contributed by atoms with E-state index < -0.39 is 0 Å². The van der Waals surface area contributed by atoms with Gasteiger partial charge in [0.1, 0.15) is 0 Å². The minimum Gasteiger partial charge on any atom is -0.315 e. The summed E-state index contributed by atoms with van der Waals surface area (Å²) in [4.78, 5) is 2.62. The number of rotatable bonds is 2. The van der Waals surface area contributed by atoms with Gasteiger partial charge in [-0.1, -0.05) is 17.7 Å². The first kappa shape index (κ1) is 13.6. The molecule has 2 rings (SSSR count). The SMILES string of the molecule is Cc1cc(C)c(CN2CCNCCC2C)c(C)c1. The van der Waals surface area contributed by atoms with Crippen LogP contribution in [0.2, 0.25) is 0 Å². The number of hydrogen-bond donors (Lipinski definition) is 1. The Hall–Kier alpha value is -0.860. The smallest absolute Gasteiger partial charge is 0.0242 e. The molecule has 1 fully saturated rings. The summed E-state index contributed by atoms with van der Waals surface area (Å²) in [7, 11) is 0. The highest BCUT2D eigenvalue weighted by Crippen LogP contribution is 2.20. The second-order valence-electron chi connectivity index (χ2n) is 5.74. The highest BCUT2D eigenvalue weighted by Gasteiger charge is 2.18. The van der Waals surface area contributed by atoms with E-state index >= 15 is 0 Å². The molecule has 0 amide bonds. The van der Waals surface area contributed by atoms with E-state index in [1.54, 1.807) is 0 Å². The molecule has 1 unspecified atom stereocenters. The van der Waals surface area contributed by atoms with Crippen molar-refractivity contribution in [3.05, 3.63) is 34.4 Å². The Morgan fingerprint density at radius 3 is 2.50 bits per heavy atom. The second-order valence-corrected chi connectivity index (χ2v) is 5.74. The summed E-state index contributed by atoms with van der Waals surface area (Å²) in [6, 6.07) is 5.30. The molecule has 1 heterocycles. The molecule has 100 valence electrons. The quantitative estimate of drug-likeness (QED) is 0.863. The maximum absolute atomic E-state index is 3.49. The average Bonchev–Trinajstić information content (AvgIpc) is 2.49. The Morgan fingerprint density at radius 2 is 1.83 bits per heavy atom. The van der Waals surface area contributed by atoms with Crippen molar-refractivity contribution in [2.75, 3.05) is 19.6 Å². The zero-order valence-corrected chi connectivity index (χ0v) is 12.2. The summed E-state index contributed by atoms with van der Waals surface area (Å²) in [5, 5.41) is 3.49. The van der Waals surface area contributed by atoms with E-state index in [1.165, 1.54) is 28.7 Å². The van der Waals surface area contributed by atoms with E-state index in [-0.39, 0.29) is 0 Å². The maximum atomic E-state index is 3.49. The van der Waals surface area contributed by atoms with Gasteiger partial charge in [-0.3, -0.25) is 4.90 Å². The van der Waals surface area contributed by atoms with Gasteiger partial charge >= 0.3 is 0 Å². The maximum Gasteiger partial charge on any atom is 0.0242 e. The van der Waals surface area contributed by atoms with Crippen LogP contribution >= 0.6 is 0 Å². The summed E-state index contributed by atoms with van der Waals surface area (Å²) in [6.45, 7) is 13.6. The summed E-state index contributed by atoms with van der Waals surface area (Å²) < 4.78 is 0. The number of nitrogens with zero attached hydrogens (tertiary/aromatic N) is 1. The van der Waals surface area contributed by atoms with Crippen LogP contribution < -0.4 is 5.32 Å². The van der Waals surface area contributed by atoms with Gasteiger partial charge in [-0.2, -0.15) is 0 Å². The molecule has 2 nitrogen and oxygen atoms in total. The van der Waals surface area contributed by atoms with Crippen LogP contribution in [0.25, 0.3) is 0 Å². The zero-order valence-electron chi connectivity index (χ0n) is 12.2. The van der Waals surface area contributed by atoms with Crippen molar-refractivity contribution in [3.63, 3.8) is 0 Å². The first-order valence-corrected chi connectivity index (χ1v) is 7.09. The standard InChI is InChI=1S/C16H26N2/c1-12-9-13(2)16(14(3)10-12)11-18-8-7-17-6-5-15(18)4/h9-10,15,17H,5-8,11H2,1-4H3. The van der Waals surface area contributed by atoms with Gasteiger partial charge in [0.15, 0.2) is 0 Å². The lowest BCUT2D eigenvalue weighted by atomic mass is 9.99. The van der Waals surface area contributed by atoms with Crippen molar-refractivity contribution in [1.82, 2.24) is 10.2 Å². The van der Waals surface area contributed by atoms with E-state index in [1.807, 2.05) is 0 Å². The Balaban J connectivity index is 2.17. The van der Waals surface area contributed by atoms with Crippen LogP contribution in [0, 0.1) is 20.8 Å². The van der Waals surface area contributed by atoms with E-state index in [4.69, 9.17) is 0 Å². The fraction of sp³-hybridized carbons (Fsp3) is 0.625. The van der Waals surface area contributed by atoms with Crippen molar-refractivity contribution in [1.29, 1.82) is 0 Å². The molecular formula is C16H26N2. The number of hydrogen-bond acceptors (Lipinski definition) is 2. The molecule has 0 aliphatic carbocycles. The summed E-state index contributed by atoms with van der Waals surface area (Å²) in [5.41, 5.74) is 5.78. The van der Waals surface area contributed by atoms with Crippen LogP contribution in [0.3, 0.4) is 0 Å². The molecule has 0 saturated carbocycles. The van der Waals surface area contributed by atoms with Crippen molar-refractivity contribution in [2.45, 2.75) is 46.7 Å². The highest BCUT2D eigenvalue weighted by molar-refractivity contribution is 5.37. The van der Waals surface area contributed by atoms with Crippen LogP contribution in [0.4, 0.5) is 0 Å². The van der Waals surface area contributed by atoms with Crippen molar-refractivity contribution >= 4 is 0 Å². The third-order valence-corrected chi connectivity index (χ3v) is 4.14. The fourth-order valence-electron chi connectivity index (χ4n) is 2.96. The fourth-order valence-corrected chi connectivity index (χ4v) is 2.96. The summed E-state index contributed by atoms with van der Waals surface area (Å²) >= 11 is 0. The molecular weight excluding hydrogens is 220 g/mol. The number of nitrogens with one attached hydrogen (secondary N) is 1. The molecule has 1 aromatic rings. The normalized spacial score (nSPS) is 21.9. The first-order valence-electron chi connectivity index (χ1n) is 7.09. The lowest BCUT2D eigenvalue weighted by Crippen LogP contribution is -2.34. The summed E-state index contributed by atoms with van der Waals surface area (Å²) in [6.07, 6.45) is 1.25. The van der Waals surface area contributed by atoms with Gasteiger partial charge in [0.2, 0.25) is 0 Å². The Kier molecular flexibility index (Phi) is 4.41. The summed E-state index contributed by atoms with van der Waals surface area (Å²) in [5.74, 6) is 0. The minimum absolute atomic E-state index is 0.681. The molecule has 1 aliphatic heterocycles. The van der Waals surface area contributed by atoms with Gasteiger partial charge in [0.25, 0.3) is 0 Å². The molecule has 1 atom stereocenters. The number of aryl methyl sites for hydroxylation is 3. The van der Waals surface area contributed by atoms with Gasteiger partial charge in [-0.25, -0.2) is 0 Å². The molecule has 1 N–H and O–H groups in total. The second kappa shape index (κ2) is 5.85. The minimum atomic E-state index is 0.681. The van der Waals surface area contributed by atoms with Crippen LogP contribution in [-0.4, -0.2) is 30.6 Å². The van der Waals surface area contributed by atoms with E-state index in [2.05, 4.69) is 50.0 Å². The molecule has 1 aromatic carbocycles. The first-order chi connectivity index (χ1) is 8.58. The Bertz CT molecular complexity index is 389. The van der Waals surface area contributed by atoms with Crippen LogP contribution in [0.5, 0.6) is 0 Å². The van der Waals surface area contributed by atoms with Crippen LogP contribution in [0.1, 0.15) is 35.6 Å². The van der Waals surface area contributed by atoms with Crippen LogP contribution in [-0.2, 0) is 6.54 Å². The number of benzene rings is 1. The Morgan fingerprint density at radius 1 is 1.17 bits per heavy atom. The van der Waals surface area contributed by atoms with Gasteiger partial charge in [0.05, 0.1) is 0 Å². The van der Waals surface area contributed by atoms with E-state index in [0.29, 0.717) is 6.04 Å². The molecule has 0 spiro atoms. The van der Waals surface area contributed by atoms with Crippen LogP contribution in [0.15, 0.2) is 12.1 Å². The van der Waals surface area contributed by atoms with Gasteiger partial charge in [-0.05, 0) is 57.4 Å². The predicted molar refractivity (Wildman–Crippen MR) is 78.0 cm³/mol. The molecule has 2 heteroatoms. The van der Waals surface area contributed by atoms with Gasteiger partial charge in [-0.15, -0.1) is 0 Å². The van der Waals surface area contributed by atoms with Crippen molar-refractivity contribution in [3.8, 4) is 0 Å². The Labute approximate surface area is 111 Å². The van der Waals surface area contributed by atoms with E-state index in [0.717, 1.165) is 26.2 Å². The monoisotopic (exact) mass is 246 g/mol. The largest absolute Gasteiger partial charge is 0.315 e. The lowest BCUT2D eigenvalue weighted by Gasteiger charge is -2.28. The van der Waals surface area contributed by atoms with Crippen molar-refractivity contribution in [2.24, 2.45) is 0 Å². The molecule has 1 aliphatic rings. The molecule has 0 radical (unpaired) electrons. The third kappa shape index (κ3) is 3.12. The molecule has 18 heavy (non-hydrogen) atoms. The molecule has 0 aromatic heterocycles. The lowest BCUT2D eigenvalue weighted by molar-refractivity contribution is 0.210. The van der Waals surface area contributed by atoms with Gasteiger partial charge < -0.3 is 5.32 Å². The molecule has 0 bridgehead atoms. The van der Waals surface area contributed by atoms with Gasteiger partial charge in [0, 0.05) is 25.7 Å². The third-order valence-electron chi connectivity index (χ3n) is 4.14. The molecule has 1 saturated heterocycles. The highest BCUT2D eigenvalue weighted by atomic mass is 15.2. The van der Waals surface area contributed by atoms with E-state index in [9.17, 15) is 0 Å². The van der Waals surface area contributed by atoms with Crippen molar-refractivity contribution < 1.29 is 0 Å². The average molecular weight is 246 g/mol. The zero-order chi connectivity index (χ0) is 13.1.